The standard InChI is InChI=1S/C16H22ClN3O/c1-12-4-6-14(7-5-12)11-20-16(17)15(13(2)19-20)10-18-8-3-9-21/h4-7,18,21H,3,8-11H2,1-2H3. The first-order valence-electron chi connectivity index (χ1n) is 7.20. The van der Waals surface area contributed by atoms with Crippen molar-refractivity contribution in [1.29, 1.82) is 0 Å². The van der Waals surface area contributed by atoms with Crippen LogP contribution < -0.4 is 5.32 Å². The van der Waals surface area contributed by atoms with Gasteiger partial charge in [-0.3, -0.25) is 0 Å². The van der Waals surface area contributed by atoms with E-state index in [1.165, 1.54) is 11.1 Å². The Morgan fingerprint density at radius 3 is 2.62 bits per heavy atom. The van der Waals surface area contributed by atoms with Crippen LogP contribution in [0.5, 0.6) is 0 Å². The highest BCUT2D eigenvalue weighted by molar-refractivity contribution is 6.30. The van der Waals surface area contributed by atoms with Gasteiger partial charge in [-0.15, -0.1) is 0 Å². The van der Waals surface area contributed by atoms with Crippen LogP contribution in [0.15, 0.2) is 24.3 Å². The van der Waals surface area contributed by atoms with Gasteiger partial charge in [0.15, 0.2) is 0 Å². The van der Waals surface area contributed by atoms with Gasteiger partial charge >= 0.3 is 0 Å². The van der Waals surface area contributed by atoms with Crippen LogP contribution in [0.2, 0.25) is 5.15 Å². The van der Waals surface area contributed by atoms with Gasteiger partial charge in [-0.25, -0.2) is 4.68 Å². The van der Waals surface area contributed by atoms with E-state index in [0.29, 0.717) is 18.2 Å². The second-order valence-corrected chi connectivity index (χ2v) is 5.61. The van der Waals surface area contributed by atoms with Gasteiger partial charge in [-0.05, 0) is 32.4 Å². The summed E-state index contributed by atoms with van der Waals surface area (Å²) in [4.78, 5) is 0. The molecule has 4 nitrogen and oxygen atoms in total. The van der Waals surface area contributed by atoms with Gasteiger partial charge in [-0.2, -0.15) is 5.10 Å². The number of benzene rings is 1. The number of rotatable bonds is 7. The monoisotopic (exact) mass is 307 g/mol. The van der Waals surface area contributed by atoms with Crippen molar-refractivity contribution in [3.8, 4) is 0 Å². The number of aryl methyl sites for hydroxylation is 2. The zero-order valence-electron chi connectivity index (χ0n) is 12.6. The van der Waals surface area contributed by atoms with Gasteiger partial charge in [-0.1, -0.05) is 41.4 Å². The van der Waals surface area contributed by atoms with Crippen molar-refractivity contribution < 1.29 is 5.11 Å². The Hall–Kier alpha value is -1.36. The van der Waals surface area contributed by atoms with Crippen molar-refractivity contribution in [3.05, 3.63) is 51.8 Å². The van der Waals surface area contributed by atoms with Crippen LogP contribution in [-0.4, -0.2) is 28.0 Å². The number of nitrogens with zero attached hydrogens (tertiary/aromatic N) is 2. The molecule has 0 amide bonds. The minimum atomic E-state index is 0.201. The predicted molar refractivity (Wildman–Crippen MR) is 85.7 cm³/mol. The molecule has 2 aromatic rings. The number of aromatic nitrogens is 2. The Morgan fingerprint density at radius 2 is 1.95 bits per heavy atom. The largest absolute Gasteiger partial charge is 0.396 e. The first kappa shape index (κ1) is 16.0. The molecule has 0 aliphatic rings. The average Bonchev–Trinajstić information content (AvgIpc) is 2.73. The number of nitrogens with one attached hydrogen (secondary N) is 1. The maximum atomic E-state index is 8.78. The molecule has 0 bridgehead atoms. The van der Waals surface area contributed by atoms with Gasteiger partial charge in [0.25, 0.3) is 0 Å². The molecular weight excluding hydrogens is 286 g/mol. The lowest BCUT2D eigenvalue weighted by atomic mass is 10.1. The van der Waals surface area contributed by atoms with Crippen molar-refractivity contribution in [2.45, 2.75) is 33.4 Å². The Morgan fingerprint density at radius 1 is 1.24 bits per heavy atom. The predicted octanol–water partition coefficient (Wildman–Crippen LogP) is 2.67. The number of halogens is 1. The molecule has 0 saturated carbocycles. The highest BCUT2D eigenvalue weighted by atomic mass is 35.5. The molecule has 0 fully saturated rings. The van der Waals surface area contributed by atoms with Crippen molar-refractivity contribution in [3.63, 3.8) is 0 Å². The first-order valence-corrected chi connectivity index (χ1v) is 7.58. The molecule has 0 unspecified atom stereocenters. The van der Waals surface area contributed by atoms with E-state index < -0.39 is 0 Å². The number of aliphatic hydroxyl groups excluding tert-OH is 1. The second-order valence-electron chi connectivity index (χ2n) is 5.25. The molecule has 5 heteroatoms. The Bertz CT molecular complexity index is 578. The van der Waals surface area contributed by atoms with Crippen LogP contribution in [0.3, 0.4) is 0 Å². The quantitative estimate of drug-likeness (QED) is 0.773. The molecule has 0 aliphatic carbocycles. The molecule has 0 aliphatic heterocycles. The molecule has 1 heterocycles. The van der Waals surface area contributed by atoms with Crippen LogP contribution >= 0.6 is 11.6 Å². The summed E-state index contributed by atoms with van der Waals surface area (Å²) in [5, 5.41) is 17.3. The summed E-state index contributed by atoms with van der Waals surface area (Å²) in [6, 6.07) is 8.39. The Balaban J connectivity index is 2.05. The van der Waals surface area contributed by atoms with Gasteiger partial charge in [0.05, 0.1) is 12.2 Å². The van der Waals surface area contributed by atoms with E-state index >= 15 is 0 Å². The minimum Gasteiger partial charge on any atom is -0.396 e. The zero-order valence-corrected chi connectivity index (χ0v) is 13.3. The SMILES string of the molecule is Cc1ccc(Cn2nc(C)c(CNCCCO)c2Cl)cc1. The highest BCUT2D eigenvalue weighted by Crippen LogP contribution is 2.20. The summed E-state index contributed by atoms with van der Waals surface area (Å²) in [5.41, 5.74) is 4.41. The van der Waals surface area contributed by atoms with Gasteiger partial charge in [0.2, 0.25) is 0 Å². The van der Waals surface area contributed by atoms with Crippen LogP contribution in [0.25, 0.3) is 0 Å². The van der Waals surface area contributed by atoms with Crippen LogP contribution in [-0.2, 0) is 13.1 Å². The normalized spacial score (nSPS) is 11.0. The van der Waals surface area contributed by atoms with Crippen molar-refractivity contribution in [2.24, 2.45) is 0 Å². The highest BCUT2D eigenvalue weighted by Gasteiger charge is 2.13. The van der Waals surface area contributed by atoms with Crippen LogP contribution in [0.4, 0.5) is 0 Å². The second kappa shape index (κ2) is 7.59. The lowest BCUT2D eigenvalue weighted by Gasteiger charge is -2.06. The van der Waals surface area contributed by atoms with E-state index in [-0.39, 0.29) is 6.61 Å². The molecule has 21 heavy (non-hydrogen) atoms. The fourth-order valence-corrected chi connectivity index (χ4v) is 2.48. The molecule has 114 valence electrons. The molecule has 0 saturated heterocycles. The van der Waals surface area contributed by atoms with E-state index in [9.17, 15) is 0 Å². The maximum absolute atomic E-state index is 8.78. The summed E-state index contributed by atoms with van der Waals surface area (Å²) >= 11 is 6.43. The van der Waals surface area contributed by atoms with E-state index in [1.54, 1.807) is 0 Å². The average molecular weight is 308 g/mol. The number of aliphatic hydroxyl groups is 1. The van der Waals surface area contributed by atoms with Crippen LogP contribution in [0, 0.1) is 13.8 Å². The van der Waals surface area contributed by atoms with Gasteiger partial charge in [0.1, 0.15) is 5.15 Å². The fraction of sp³-hybridized carbons (Fsp3) is 0.438. The van der Waals surface area contributed by atoms with E-state index in [4.69, 9.17) is 16.7 Å². The summed E-state index contributed by atoms with van der Waals surface area (Å²) < 4.78 is 1.84. The van der Waals surface area contributed by atoms with E-state index in [1.807, 2.05) is 11.6 Å². The lowest BCUT2D eigenvalue weighted by Crippen LogP contribution is -2.16. The minimum absolute atomic E-state index is 0.201. The maximum Gasteiger partial charge on any atom is 0.132 e. The van der Waals surface area contributed by atoms with Crippen molar-refractivity contribution >= 4 is 11.6 Å². The molecule has 0 spiro atoms. The van der Waals surface area contributed by atoms with E-state index in [2.05, 4.69) is 41.6 Å². The third-order valence-corrected chi connectivity index (χ3v) is 3.87. The van der Waals surface area contributed by atoms with Crippen LogP contribution in [0.1, 0.15) is 28.8 Å². The van der Waals surface area contributed by atoms with Crippen molar-refractivity contribution in [2.75, 3.05) is 13.2 Å². The van der Waals surface area contributed by atoms with Gasteiger partial charge < -0.3 is 10.4 Å². The Kier molecular flexibility index (Phi) is 5.79. The molecule has 1 aromatic carbocycles. The third kappa shape index (κ3) is 4.30. The number of hydrogen-bond acceptors (Lipinski definition) is 3. The first-order chi connectivity index (χ1) is 10.1. The summed E-state index contributed by atoms with van der Waals surface area (Å²) in [6.07, 6.45) is 0.744. The smallest absolute Gasteiger partial charge is 0.132 e. The lowest BCUT2D eigenvalue weighted by molar-refractivity contribution is 0.286. The third-order valence-electron chi connectivity index (χ3n) is 3.45. The number of hydrogen-bond donors (Lipinski definition) is 2. The van der Waals surface area contributed by atoms with E-state index in [0.717, 1.165) is 24.2 Å². The molecule has 2 rings (SSSR count). The summed E-state index contributed by atoms with van der Waals surface area (Å²) in [6.45, 7) is 6.38. The Labute approximate surface area is 130 Å². The van der Waals surface area contributed by atoms with Crippen molar-refractivity contribution in [1.82, 2.24) is 15.1 Å². The molecule has 0 atom stereocenters. The topological polar surface area (TPSA) is 50.1 Å². The molecule has 1 aromatic heterocycles. The summed E-state index contributed by atoms with van der Waals surface area (Å²) in [7, 11) is 0. The molecule has 2 N–H and O–H groups in total. The molecule has 0 radical (unpaired) electrons. The fourth-order valence-electron chi connectivity index (χ4n) is 2.18. The molecular formula is C16H22ClN3O. The zero-order chi connectivity index (χ0) is 15.2. The summed E-state index contributed by atoms with van der Waals surface area (Å²) in [5.74, 6) is 0. The van der Waals surface area contributed by atoms with Gasteiger partial charge in [0, 0.05) is 18.7 Å².